The van der Waals surface area contributed by atoms with Crippen LogP contribution in [0.15, 0.2) is 71.8 Å². The van der Waals surface area contributed by atoms with E-state index in [4.69, 9.17) is 24.6 Å². The van der Waals surface area contributed by atoms with E-state index in [1.807, 2.05) is 65.7 Å². The molecule has 3 aromatic rings. The first-order chi connectivity index (χ1) is 15.3. The molecule has 6 heteroatoms. The van der Waals surface area contributed by atoms with Gasteiger partial charge in [0, 0.05) is 23.1 Å². The van der Waals surface area contributed by atoms with Gasteiger partial charge in [-0.05, 0) is 36.4 Å². The fraction of sp³-hybridized carbons (Fsp3) is 0.200. The minimum absolute atomic E-state index is 0.0776. The molecule has 0 radical (unpaired) electrons. The molecule has 31 heavy (non-hydrogen) atoms. The van der Waals surface area contributed by atoms with E-state index in [2.05, 4.69) is 12.1 Å². The van der Waals surface area contributed by atoms with Crippen molar-refractivity contribution in [3.63, 3.8) is 0 Å². The van der Waals surface area contributed by atoms with Gasteiger partial charge in [-0.25, -0.2) is 5.01 Å². The van der Waals surface area contributed by atoms with Crippen molar-refractivity contribution in [1.29, 1.82) is 5.26 Å². The summed E-state index contributed by atoms with van der Waals surface area (Å²) in [6.07, 6.45) is 0.412. The normalized spacial score (nSPS) is 20.7. The molecule has 0 amide bonds. The highest BCUT2D eigenvalue weighted by Crippen LogP contribution is 2.47. The van der Waals surface area contributed by atoms with Gasteiger partial charge in [0.1, 0.15) is 19.0 Å². The zero-order chi connectivity index (χ0) is 20.8. The van der Waals surface area contributed by atoms with Crippen LogP contribution in [-0.4, -0.2) is 23.9 Å². The minimum Gasteiger partial charge on any atom is -0.486 e. The summed E-state index contributed by atoms with van der Waals surface area (Å²) < 4.78 is 17.8. The highest BCUT2D eigenvalue weighted by Gasteiger charge is 2.41. The van der Waals surface area contributed by atoms with Gasteiger partial charge >= 0.3 is 0 Å². The molecule has 0 saturated heterocycles. The van der Waals surface area contributed by atoms with Gasteiger partial charge in [-0.15, -0.1) is 0 Å². The molecular weight excluding hydrogens is 390 g/mol. The number of nitrogens with zero attached hydrogens (tertiary/aromatic N) is 3. The molecule has 0 bridgehead atoms. The van der Waals surface area contributed by atoms with Crippen LogP contribution in [0.2, 0.25) is 0 Å². The lowest BCUT2D eigenvalue weighted by atomic mass is 9.95. The predicted octanol–water partition coefficient (Wildman–Crippen LogP) is 4.57. The van der Waals surface area contributed by atoms with E-state index in [-0.39, 0.29) is 12.3 Å². The molecule has 0 aliphatic carbocycles. The highest BCUT2D eigenvalue weighted by molar-refractivity contribution is 6.02. The van der Waals surface area contributed by atoms with Crippen molar-refractivity contribution in [3.05, 3.63) is 89.0 Å². The van der Waals surface area contributed by atoms with Gasteiger partial charge in [0.25, 0.3) is 0 Å². The Hall–Kier alpha value is -3.98. The lowest BCUT2D eigenvalue weighted by Gasteiger charge is -2.38. The van der Waals surface area contributed by atoms with E-state index in [0.717, 1.165) is 46.1 Å². The lowest BCUT2D eigenvalue weighted by molar-refractivity contribution is -0.0190. The smallest absolute Gasteiger partial charge is 0.213 e. The number of hydrogen-bond acceptors (Lipinski definition) is 6. The van der Waals surface area contributed by atoms with Crippen LogP contribution in [0.4, 0.5) is 0 Å². The van der Waals surface area contributed by atoms with E-state index >= 15 is 0 Å². The Morgan fingerprint density at radius 2 is 1.71 bits per heavy atom. The molecule has 3 aromatic carbocycles. The van der Waals surface area contributed by atoms with Gasteiger partial charge in [-0.2, -0.15) is 10.4 Å². The summed E-state index contributed by atoms with van der Waals surface area (Å²) >= 11 is 0. The Morgan fingerprint density at radius 1 is 0.903 bits per heavy atom. The summed E-state index contributed by atoms with van der Waals surface area (Å²) in [5.74, 6) is 2.41. The third-order valence-corrected chi connectivity index (χ3v) is 5.90. The number of nitriles is 1. The SMILES string of the molecule is N#Cc1ccc(C2Oc3ccccc3C3CC(c4ccc5c(c4)OCCO5)=NN32)cc1. The number of benzene rings is 3. The molecule has 3 aliphatic rings. The first-order valence-electron chi connectivity index (χ1n) is 10.3. The van der Waals surface area contributed by atoms with Gasteiger partial charge < -0.3 is 14.2 Å². The molecule has 0 aromatic heterocycles. The second-order valence-corrected chi connectivity index (χ2v) is 7.75. The maximum Gasteiger partial charge on any atom is 0.213 e. The Bertz CT molecular complexity index is 1230. The van der Waals surface area contributed by atoms with Crippen LogP contribution >= 0.6 is 0 Å². The molecule has 0 saturated carbocycles. The molecule has 0 N–H and O–H groups in total. The van der Waals surface area contributed by atoms with Crippen molar-refractivity contribution in [2.75, 3.05) is 13.2 Å². The Morgan fingerprint density at radius 3 is 2.55 bits per heavy atom. The third-order valence-electron chi connectivity index (χ3n) is 5.90. The van der Waals surface area contributed by atoms with Crippen molar-refractivity contribution in [1.82, 2.24) is 5.01 Å². The average molecular weight is 409 g/mol. The molecule has 2 unspecified atom stereocenters. The van der Waals surface area contributed by atoms with E-state index < -0.39 is 0 Å². The summed E-state index contributed by atoms with van der Waals surface area (Å²) in [5, 5.41) is 16.2. The summed E-state index contributed by atoms with van der Waals surface area (Å²) in [5.41, 5.74) is 4.73. The second-order valence-electron chi connectivity index (χ2n) is 7.75. The van der Waals surface area contributed by atoms with Crippen LogP contribution in [0.1, 0.15) is 40.9 Å². The fourth-order valence-corrected chi connectivity index (χ4v) is 4.37. The molecule has 0 spiro atoms. The summed E-state index contributed by atoms with van der Waals surface area (Å²) in [7, 11) is 0. The second kappa shape index (κ2) is 7.06. The summed E-state index contributed by atoms with van der Waals surface area (Å²) in [6, 6.07) is 23.9. The number of fused-ring (bicyclic) bond motifs is 4. The molecule has 6 rings (SSSR count). The molecule has 3 heterocycles. The Labute approximate surface area is 179 Å². The van der Waals surface area contributed by atoms with Crippen LogP contribution in [0.25, 0.3) is 0 Å². The maximum absolute atomic E-state index is 9.13. The van der Waals surface area contributed by atoms with Crippen molar-refractivity contribution in [2.24, 2.45) is 5.10 Å². The van der Waals surface area contributed by atoms with E-state index in [1.165, 1.54) is 0 Å². The quantitative estimate of drug-likeness (QED) is 0.620. The predicted molar refractivity (Wildman–Crippen MR) is 114 cm³/mol. The fourth-order valence-electron chi connectivity index (χ4n) is 4.37. The number of hydrogen-bond donors (Lipinski definition) is 0. The summed E-state index contributed by atoms with van der Waals surface area (Å²) in [6.45, 7) is 1.13. The van der Waals surface area contributed by atoms with Gasteiger partial charge in [0.2, 0.25) is 6.23 Å². The van der Waals surface area contributed by atoms with Crippen molar-refractivity contribution >= 4 is 5.71 Å². The Kier molecular flexibility index (Phi) is 4.07. The van der Waals surface area contributed by atoms with E-state index in [0.29, 0.717) is 18.8 Å². The average Bonchev–Trinajstić information content (AvgIpc) is 3.29. The first-order valence-corrected chi connectivity index (χ1v) is 10.3. The maximum atomic E-state index is 9.13. The summed E-state index contributed by atoms with van der Waals surface area (Å²) in [4.78, 5) is 0. The van der Waals surface area contributed by atoms with Gasteiger partial charge in [0.05, 0.1) is 23.4 Å². The minimum atomic E-state index is -0.359. The van der Waals surface area contributed by atoms with E-state index in [1.54, 1.807) is 0 Å². The van der Waals surface area contributed by atoms with Gasteiger partial charge in [0.15, 0.2) is 11.5 Å². The molecule has 152 valence electrons. The topological polar surface area (TPSA) is 67.1 Å². The number of para-hydroxylation sites is 1. The number of hydrazone groups is 1. The molecule has 3 aliphatic heterocycles. The monoisotopic (exact) mass is 409 g/mol. The Balaban J connectivity index is 1.40. The third kappa shape index (κ3) is 2.98. The zero-order valence-electron chi connectivity index (χ0n) is 16.7. The molecule has 0 fully saturated rings. The standard InChI is InChI=1S/C25H19N3O3/c26-15-16-5-7-17(8-6-16)25-28-21(19-3-1-2-4-22(19)31-25)14-20(27-28)18-9-10-23-24(13-18)30-12-11-29-23/h1-10,13,21,25H,11-12,14H2. The van der Waals surface area contributed by atoms with Crippen molar-refractivity contribution in [3.8, 4) is 23.3 Å². The largest absolute Gasteiger partial charge is 0.486 e. The zero-order valence-corrected chi connectivity index (χ0v) is 16.7. The first kappa shape index (κ1) is 17.8. The van der Waals surface area contributed by atoms with Crippen LogP contribution in [0.5, 0.6) is 17.2 Å². The lowest BCUT2D eigenvalue weighted by Crippen LogP contribution is -2.33. The number of ether oxygens (including phenoxy) is 3. The van der Waals surface area contributed by atoms with Crippen molar-refractivity contribution in [2.45, 2.75) is 18.7 Å². The molecule has 2 atom stereocenters. The van der Waals surface area contributed by atoms with E-state index in [9.17, 15) is 0 Å². The van der Waals surface area contributed by atoms with Crippen LogP contribution in [-0.2, 0) is 0 Å². The molecule has 6 nitrogen and oxygen atoms in total. The molecular formula is C25H19N3O3. The van der Waals surface area contributed by atoms with Crippen LogP contribution in [0.3, 0.4) is 0 Å². The number of rotatable bonds is 2. The van der Waals surface area contributed by atoms with Crippen LogP contribution in [0, 0.1) is 11.3 Å². The van der Waals surface area contributed by atoms with Gasteiger partial charge in [-0.1, -0.05) is 30.3 Å². The van der Waals surface area contributed by atoms with Crippen molar-refractivity contribution < 1.29 is 14.2 Å². The van der Waals surface area contributed by atoms with Crippen LogP contribution < -0.4 is 14.2 Å². The van der Waals surface area contributed by atoms with Gasteiger partial charge in [-0.3, -0.25) is 0 Å². The highest BCUT2D eigenvalue weighted by atomic mass is 16.6.